The maximum Gasteiger partial charge on any atom is 0.303 e. The summed E-state index contributed by atoms with van der Waals surface area (Å²) in [7, 11) is 0. The Morgan fingerprint density at radius 2 is 1.93 bits per heavy atom. The lowest BCUT2D eigenvalue weighted by molar-refractivity contribution is -0.138. The zero-order valence-corrected chi connectivity index (χ0v) is 8.76. The van der Waals surface area contributed by atoms with Gasteiger partial charge in [-0.1, -0.05) is 37.3 Å². The molecule has 0 radical (unpaired) electrons. The van der Waals surface area contributed by atoms with E-state index in [0.29, 0.717) is 6.42 Å². The van der Waals surface area contributed by atoms with Gasteiger partial charge in [-0.3, -0.25) is 4.79 Å². The standard InChI is InChI=1S/C12H16O3/c1-9(8-12(14)15)7-11(13)10-5-3-2-4-6-10/h2-6,9,11,13H,7-8H2,1H3,(H,14,15). The highest BCUT2D eigenvalue weighted by Gasteiger charge is 2.14. The summed E-state index contributed by atoms with van der Waals surface area (Å²) in [6, 6.07) is 9.30. The zero-order valence-electron chi connectivity index (χ0n) is 8.76. The lowest BCUT2D eigenvalue weighted by Gasteiger charge is -2.14. The first-order valence-corrected chi connectivity index (χ1v) is 5.04. The molecule has 1 aromatic carbocycles. The zero-order chi connectivity index (χ0) is 11.3. The number of hydrogen-bond acceptors (Lipinski definition) is 2. The molecule has 15 heavy (non-hydrogen) atoms. The Labute approximate surface area is 89.4 Å². The number of aliphatic hydroxyl groups is 1. The first-order chi connectivity index (χ1) is 7.09. The van der Waals surface area contributed by atoms with Crippen molar-refractivity contribution >= 4 is 5.97 Å². The van der Waals surface area contributed by atoms with Crippen molar-refractivity contribution in [2.45, 2.75) is 25.9 Å². The first-order valence-electron chi connectivity index (χ1n) is 5.04. The van der Waals surface area contributed by atoms with Crippen molar-refractivity contribution < 1.29 is 15.0 Å². The Morgan fingerprint density at radius 3 is 2.47 bits per heavy atom. The minimum Gasteiger partial charge on any atom is -0.481 e. The molecule has 0 saturated heterocycles. The fourth-order valence-corrected chi connectivity index (χ4v) is 1.57. The van der Waals surface area contributed by atoms with Crippen molar-refractivity contribution in [3.8, 4) is 0 Å². The van der Waals surface area contributed by atoms with E-state index < -0.39 is 12.1 Å². The lowest BCUT2D eigenvalue weighted by atomic mass is 9.96. The predicted octanol–water partition coefficient (Wildman–Crippen LogP) is 2.22. The van der Waals surface area contributed by atoms with E-state index >= 15 is 0 Å². The minimum atomic E-state index is -0.817. The molecule has 0 spiro atoms. The van der Waals surface area contributed by atoms with Crippen LogP contribution in [0.1, 0.15) is 31.4 Å². The predicted molar refractivity (Wildman–Crippen MR) is 57.4 cm³/mol. The van der Waals surface area contributed by atoms with Gasteiger partial charge < -0.3 is 10.2 Å². The third-order valence-electron chi connectivity index (χ3n) is 2.33. The second-order valence-electron chi connectivity index (χ2n) is 3.87. The summed E-state index contributed by atoms with van der Waals surface area (Å²) >= 11 is 0. The summed E-state index contributed by atoms with van der Waals surface area (Å²) in [5.74, 6) is -0.833. The number of carbonyl (C=O) groups is 1. The van der Waals surface area contributed by atoms with Crippen LogP contribution in [-0.4, -0.2) is 16.2 Å². The number of aliphatic hydroxyl groups excluding tert-OH is 1. The Balaban J connectivity index is 2.49. The molecule has 1 rings (SSSR count). The largest absolute Gasteiger partial charge is 0.481 e. The molecule has 82 valence electrons. The van der Waals surface area contributed by atoms with Gasteiger partial charge >= 0.3 is 5.97 Å². The highest BCUT2D eigenvalue weighted by molar-refractivity contribution is 5.66. The second kappa shape index (κ2) is 5.51. The van der Waals surface area contributed by atoms with Crippen LogP contribution in [0.5, 0.6) is 0 Å². The number of aliphatic carboxylic acids is 1. The highest BCUT2D eigenvalue weighted by atomic mass is 16.4. The van der Waals surface area contributed by atoms with Crippen molar-refractivity contribution in [2.24, 2.45) is 5.92 Å². The average Bonchev–Trinajstić information content (AvgIpc) is 2.17. The maximum absolute atomic E-state index is 10.4. The summed E-state index contributed by atoms with van der Waals surface area (Å²) in [4.78, 5) is 10.4. The van der Waals surface area contributed by atoms with Gasteiger partial charge in [-0.25, -0.2) is 0 Å². The number of carboxylic acid groups (broad SMARTS) is 1. The smallest absolute Gasteiger partial charge is 0.303 e. The van der Waals surface area contributed by atoms with Gasteiger partial charge in [0.15, 0.2) is 0 Å². The Bertz CT molecular complexity index is 308. The summed E-state index contributed by atoms with van der Waals surface area (Å²) in [5, 5.41) is 18.4. The topological polar surface area (TPSA) is 57.5 Å². The van der Waals surface area contributed by atoms with Gasteiger partial charge in [0.1, 0.15) is 0 Å². The van der Waals surface area contributed by atoms with Crippen molar-refractivity contribution in [1.82, 2.24) is 0 Å². The molecule has 3 nitrogen and oxygen atoms in total. The van der Waals surface area contributed by atoms with Crippen LogP contribution in [0.2, 0.25) is 0 Å². The van der Waals surface area contributed by atoms with E-state index in [2.05, 4.69) is 0 Å². The quantitative estimate of drug-likeness (QED) is 0.780. The molecule has 1 aromatic rings. The molecular formula is C12H16O3. The van der Waals surface area contributed by atoms with E-state index in [4.69, 9.17) is 5.11 Å². The van der Waals surface area contributed by atoms with Gasteiger partial charge in [0.2, 0.25) is 0 Å². The molecule has 0 aromatic heterocycles. The van der Waals surface area contributed by atoms with E-state index in [0.717, 1.165) is 5.56 Å². The molecule has 0 aliphatic heterocycles. The van der Waals surface area contributed by atoms with E-state index in [-0.39, 0.29) is 12.3 Å². The molecule has 3 heteroatoms. The molecule has 0 aliphatic rings. The van der Waals surface area contributed by atoms with Crippen LogP contribution in [0.4, 0.5) is 0 Å². The van der Waals surface area contributed by atoms with Crippen LogP contribution < -0.4 is 0 Å². The molecule has 0 fully saturated rings. The van der Waals surface area contributed by atoms with E-state index in [1.165, 1.54) is 0 Å². The average molecular weight is 208 g/mol. The van der Waals surface area contributed by atoms with Crippen LogP contribution in [0, 0.1) is 5.92 Å². The Morgan fingerprint density at radius 1 is 1.33 bits per heavy atom. The molecule has 0 bridgehead atoms. The van der Waals surface area contributed by atoms with Crippen LogP contribution in [-0.2, 0) is 4.79 Å². The molecule has 0 heterocycles. The van der Waals surface area contributed by atoms with E-state index in [1.807, 2.05) is 37.3 Å². The monoisotopic (exact) mass is 208 g/mol. The number of hydrogen-bond donors (Lipinski definition) is 2. The van der Waals surface area contributed by atoms with Crippen molar-refractivity contribution in [3.05, 3.63) is 35.9 Å². The summed E-state index contributed by atoms with van der Waals surface area (Å²) in [5.41, 5.74) is 0.842. The lowest BCUT2D eigenvalue weighted by Crippen LogP contribution is -2.09. The summed E-state index contributed by atoms with van der Waals surface area (Å²) in [6.45, 7) is 1.83. The van der Waals surface area contributed by atoms with E-state index in [9.17, 15) is 9.90 Å². The SMILES string of the molecule is CC(CC(=O)O)CC(O)c1ccccc1. The Hall–Kier alpha value is -1.35. The molecule has 0 amide bonds. The molecule has 2 unspecified atom stereocenters. The van der Waals surface area contributed by atoms with Crippen molar-refractivity contribution in [2.75, 3.05) is 0 Å². The molecule has 2 N–H and O–H groups in total. The third kappa shape index (κ3) is 4.13. The first kappa shape index (κ1) is 11.7. The third-order valence-corrected chi connectivity index (χ3v) is 2.33. The van der Waals surface area contributed by atoms with Crippen LogP contribution in [0.3, 0.4) is 0 Å². The fourth-order valence-electron chi connectivity index (χ4n) is 1.57. The van der Waals surface area contributed by atoms with Crippen molar-refractivity contribution in [3.63, 3.8) is 0 Å². The molecule has 0 saturated carbocycles. The number of benzene rings is 1. The molecule has 2 atom stereocenters. The number of carboxylic acids is 1. The maximum atomic E-state index is 10.4. The molecular weight excluding hydrogens is 192 g/mol. The highest BCUT2D eigenvalue weighted by Crippen LogP contribution is 2.22. The van der Waals surface area contributed by atoms with E-state index in [1.54, 1.807) is 0 Å². The second-order valence-corrected chi connectivity index (χ2v) is 3.87. The van der Waals surface area contributed by atoms with Crippen LogP contribution >= 0.6 is 0 Å². The summed E-state index contributed by atoms with van der Waals surface area (Å²) < 4.78 is 0. The van der Waals surface area contributed by atoms with Gasteiger partial charge in [0.25, 0.3) is 0 Å². The van der Waals surface area contributed by atoms with Gasteiger partial charge in [-0.2, -0.15) is 0 Å². The summed E-state index contributed by atoms with van der Waals surface area (Å²) in [6.07, 6.45) is 0.0146. The normalized spacial score (nSPS) is 14.5. The van der Waals surface area contributed by atoms with Crippen molar-refractivity contribution in [1.29, 1.82) is 0 Å². The van der Waals surface area contributed by atoms with Gasteiger partial charge in [0, 0.05) is 6.42 Å². The van der Waals surface area contributed by atoms with Gasteiger partial charge in [-0.05, 0) is 17.9 Å². The molecule has 0 aliphatic carbocycles. The number of rotatable bonds is 5. The minimum absolute atomic E-state index is 0.0160. The fraction of sp³-hybridized carbons (Fsp3) is 0.417. The van der Waals surface area contributed by atoms with Crippen LogP contribution in [0.25, 0.3) is 0 Å². The van der Waals surface area contributed by atoms with Gasteiger partial charge in [0.05, 0.1) is 6.10 Å². The van der Waals surface area contributed by atoms with Gasteiger partial charge in [-0.15, -0.1) is 0 Å². The Kier molecular flexibility index (Phi) is 4.31. The van der Waals surface area contributed by atoms with Crippen LogP contribution in [0.15, 0.2) is 30.3 Å².